The molecule has 0 atom stereocenters. The van der Waals surface area contributed by atoms with Gasteiger partial charge in [-0.3, -0.25) is 0 Å². The van der Waals surface area contributed by atoms with E-state index < -0.39 is 0 Å². The van der Waals surface area contributed by atoms with E-state index >= 15 is 0 Å². The molecule has 0 fully saturated rings. The molecule has 2 aromatic rings. The van der Waals surface area contributed by atoms with E-state index in [-0.39, 0.29) is 6.61 Å². The van der Waals surface area contributed by atoms with Crippen molar-refractivity contribution < 1.29 is 5.11 Å². The number of aromatic nitrogens is 1. The summed E-state index contributed by atoms with van der Waals surface area (Å²) >= 11 is 0. The first kappa shape index (κ1) is 11.2. The summed E-state index contributed by atoms with van der Waals surface area (Å²) in [5.41, 5.74) is 3.51. The SMILES string of the molecule is CN(C)CCc1ccn2ccc(CO)cc12. The number of hydrogen-bond acceptors (Lipinski definition) is 2. The van der Waals surface area contributed by atoms with Crippen LogP contribution in [-0.4, -0.2) is 35.0 Å². The van der Waals surface area contributed by atoms with Gasteiger partial charge in [0.05, 0.1) is 6.61 Å². The van der Waals surface area contributed by atoms with Gasteiger partial charge in [-0.1, -0.05) is 0 Å². The lowest BCUT2D eigenvalue weighted by molar-refractivity contribution is 0.282. The minimum Gasteiger partial charge on any atom is -0.392 e. The molecule has 2 aromatic heterocycles. The van der Waals surface area contributed by atoms with Crippen molar-refractivity contribution in [3.8, 4) is 0 Å². The van der Waals surface area contributed by atoms with E-state index in [1.165, 1.54) is 11.1 Å². The Kier molecular flexibility index (Phi) is 3.27. The Labute approximate surface area is 95.9 Å². The highest BCUT2D eigenvalue weighted by Crippen LogP contribution is 2.15. The minimum absolute atomic E-state index is 0.106. The molecule has 3 heteroatoms. The fraction of sp³-hybridized carbons (Fsp3) is 0.385. The van der Waals surface area contributed by atoms with E-state index in [4.69, 9.17) is 5.11 Å². The van der Waals surface area contributed by atoms with Crippen LogP contribution in [0.15, 0.2) is 30.6 Å². The van der Waals surface area contributed by atoms with E-state index in [1.807, 2.05) is 12.3 Å². The summed E-state index contributed by atoms with van der Waals surface area (Å²) in [6.45, 7) is 1.15. The summed E-state index contributed by atoms with van der Waals surface area (Å²) in [6.07, 6.45) is 5.11. The van der Waals surface area contributed by atoms with Gasteiger partial charge < -0.3 is 14.4 Å². The topological polar surface area (TPSA) is 27.9 Å². The molecule has 0 saturated heterocycles. The Hall–Kier alpha value is -1.32. The van der Waals surface area contributed by atoms with Crippen molar-refractivity contribution in [2.75, 3.05) is 20.6 Å². The van der Waals surface area contributed by atoms with Crippen LogP contribution in [0.2, 0.25) is 0 Å². The van der Waals surface area contributed by atoms with Gasteiger partial charge in [-0.25, -0.2) is 0 Å². The predicted molar refractivity (Wildman–Crippen MR) is 65.6 cm³/mol. The molecule has 0 saturated carbocycles. The molecule has 0 unspecified atom stereocenters. The molecule has 0 amide bonds. The molecule has 3 nitrogen and oxygen atoms in total. The van der Waals surface area contributed by atoms with Gasteiger partial charge in [-0.15, -0.1) is 0 Å². The number of rotatable bonds is 4. The van der Waals surface area contributed by atoms with Crippen molar-refractivity contribution in [1.29, 1.82) is 0 Å². The van der Waals surface area contributed by atoms with Crippen molar-refractivity contribution >= 4 is 5.52 Å². The Morgan fingerprint density at radius 1 is 1.25 bits per heavy atom. The first-order chi connectivity index (χ1) is 7.70. The average Bonchev–Trinajstić information content (AvgIpc) is 2.68. The van der Waals surface area contributed by atoms with Gasteiger partial charge in [0.15, 0.2) is 0 Å². The smallest absolute Gasteiger partial charge is 0.0683 e. The van der Waals surface area contributed by atoms with E-state index in [0.29, 0.717) is 0 Å². The van der Waals surface area contributed by atoms with Gasteiger partial charge in [-0.05, 0) is 49.8 Å². The van der Waals surface area contributed by atoms with Crippen LogP contribution in [0.5, 0.6) is 0 Å². The molecule has 0 aliphatic rings. The minimum atomic E-state index is 0.106. The third-order valence-electron chi connectivity index (χ3n) is 2.83. The van der Waals surface area contributed by atoms with E-state index in [2.05, 4.69) is 41.7 Å². The number of hydrogen-bond donors (Lipinski definition) is 1. The summed E-state index contributed by atoms with van der Waals surface area (Å²) in [5, 5.41) is 9.13. The Morgan fingerprint density at radius 2 is 2.00 bits per heavy atom. The highest BCUT2D eigenvalue weighted by atomic mass is 16.3. The second kappa shape index (κ2) is 4.68. The first-order valence-corrected chi connectivity index (χ1v) is 5.55. The Bertz CT molecular complexity index is 474. The number of nitrogens with zero attached hydrogens (tertiary/aromatic N) is 2. The van der Waals surface area contributed by atoms with Gasteiger partial charge >= 0.3 is 0 Å². The second-order valence-electron chi connectivity index (χ2n) is 4.38. The molecule has 86 valence electrons. The van der Waals surface area contributed by atoms with Crippen LogP contribution in [0.3, 0.4) is 0 Å². The van der Waals surface area contributed by atoms with Crippen LogP contribution in [0, 0.1) is 0 Å². The zero-order valence-corrected chi connectivity index (χ0v) is 9.85. The zero-order valence-electron chi connectivity index (χ0n) is 9.85. The van der Waals surface area contributed by atoms with Gasteiger partial charge in [0.2, 0.25) is 0 Å². The summed E-state index contributed by atoms with van der Waals surface area (Å²) in [5.74, 6) is 0. The van der Waals surface area contributed by atoms with Crippen LogP contribution >= 0.6 is 0 Å². The monoisotopic (exact) mass is 218 g/mol. The third-order valence-corrected chi connectivity index (χ3v) is 2.83. The number of aliphatic hydroxyl groups excluding tert-OH is 1. The number of likely N-dealkylation sites (N-methyl/N-ethyl adjacent to an activating group) is 1. The van der Waals surface area contributed by atoms with E-state index in [9.17, 15) is 0 Å². The lowest BCUT2D eigenvalue weighted by Crippen LogP contribution is -2.14. The maximum absolute atomic E-state index is 9.13. The zero-order chi connectivity index (χ0) is 11.5. The number of pyridine rings is 1. The van der Waals surface area contributed by atoms with Gasteiger partial charge in [-0.2, -0.15) is 0 Å². The van der Waals surface area contributed by atoms with Crippen LogP contribution in [0.25, 0.3) is 5.52 Å². The summed E-state index contributed by atoms with van der Waals surface area (Å²) in [4.78, 5) is 2.18. The van der Waals surface area contributed by atoms with Gasteiger partial charge in [0, 0.05) is 24.5 Å². The van der Waals surface area contributed by atoms with Gasteiger partial charge in [0.1, 0.15) is 0 Å². The Balaban J connectivity index is 2.30. The lowest BCUT2D eigenvalue weighted by atomic mass is 10.1. The molecule has 0 bridgehead atoms. The maximum Gasteiger partial charge on any atom is 0.0683 e. The van der Waals surface area contributed by atoms with Crippen LogP contribution in [0.4, 0.5) is 0 Å². The van der Waals surface area contributed by atoms with E-state index in [1.54, 1.807) is 0 Å². The normalized spacial score (nSPS) is 11.5. The van der Waals surface area contributed by atoms with E-state index in [0.717, 1.165) is 18.5 Å². The molecule has 0 spiro atoms. The highest BCUT2D eigenvalue weighted by molar-refractivity contribution is 5.57. The number of aliphatic hydroxyl groups is 1. The summed E-state index contributed by atoms with van der Waals surface area (Å²) < 4.78 is 2.10. The van der Waals surface area contributed by atoms with Crippen LogP contribution in [0.1, 0.15) is 11.1 Å². The fourth-order valence-corrected chi connectivity index (χ4v) is 1.85. The second-order valence-corrected chi connectivity index (χ2v) is 4.38. The predicted octanol–water partition coefficient (Wildman–Crippen LogP) is 1.54. The average molecular weight is 218 g/mol. The number of fused-ring (bicyclic) bond motifs is 1. The van der Waals surface area contributed by atoms with Crippen molar-refractivity contribution in [1.82, 2.24) is 9.30 Å². The maximum atomic E-state index is 9.13. The van der Waals surface area contributed by atoms with Crippen molar-refractivity contribution in [3.63, 3.8) is 0 Å². The molecule has 0 radical (unpaired) electrons. The molecular formula is C13H18N2O. The molecule has 2 heterocycles. The molecule has 16 heavy (non-hydrogen) atoms. The third kappa shape index (κ3) is 2.26. The van der Waals surface area contributed by atoms with Crippen molar-refractivity contribution in [2.45, 2.75) is 13.0 Å². The van der Waals surface area contributed by atoms with Crippen molar-refractivity contribution in [3.05, 3.63) is 41.7 Å². The van der Waals surface area contributed by atoms with Crippen LogP contribution in [-0.2, 0) is 13.0 Å². The lowest BCUT2D eigenvalue weighted by Gasteiger charge is -2.08. The quantitative estimate of drug-likeness (QED) is 0.843. The summed E-state index contributed by atoms with van der Waals surface area (Å²) in [6, 6.07) is 6.16. The van der Waals surface area contributed by atoms with Crippen molar-refractivity contribution in [2.24, 2.45) is 0 Å². The molecule has 0 aliphatic heterocycles. The molecule has 0 aliphatic carbocycles. The molecule has 0 aromatic carbocycles. The molecular weight excluding hydrogens is 200 g/mol. The fourth-order valence-electron chi connectivity index (χ4n) is 1.85. The molecule has 2 rings (SSSR count). The van der Waals surface area contributed by atoms with Crippen LogP contribution < -0.4 is 0 Å². The molecule has 1 N–H and O–H groups in total. The summed E-state index contributed by atoms with van der Waals surface area (Å²) in [7, 11) is 4.16. The first-order valence-electron chi connectivity index (χ1n) is 5.55. The Morgan fingerprint density at radius 3 is 2.69 bits per heavy atom. The van der Waals surface area contributed by atoms with Gasteiger partial charge in [0.25, 0.3) is 0 Å². The standard InChI is InChI=1S/C13H18N2O/c1-14(2)6-4-12-5-8-15-7-3-11(10-16)9-13(12)15/h3,5,7-9,16H,4,6,10H2,1-2H3. The largest absolute Gasteiger partial charge is 0.392 e. The highest BCUT2D eigenvalue weighted by Gasteiger charge is 2.03.